The van der Waals surface area contributed by atoms with Crippen LogP contribution >= 0.6 is 0 Å². The zero-order valence-corrected chi connectivity index (χ0v) is 11.0. The highest BCUT2D eigenvalue weighted by Crippen LogP contribution is 2.25. The molecule has 1 atom stereocenters. The maximum absolute atomic E-state index is 11.1. The number of aromatic amines is 1. The second-order valence-electron chi connectivity index (χ2n) is 4.53. The van der Waals surface area contributed by atoms with E-state index in [0.717, 1.165) is 25.9 Å². The van der Waals surface area contributed by atoms with Gasteiger partial charge in [-0.2, -0.15) is 5.10 Å². The van der Waals surface area contributed by atoms with Crippen molar-refractivity contribution in [3.8, 4) is 5.75 Å². The van der Waals surface area contributed by atoms with Crippen LogP contribution in [0, 0.1) is 0 Å². The van der Waals surface area contributed by atoms with Crippen LogP contribution in [0.2, 0.25) is 0 Å². The van der Waals surface area contributed by atoms with Crippen LogP contribution in [0.3, 0.4) is 0 Å². The number of fused-ring (bicyclic) bond motifs is 1. The van der Waals surface area contributed by atoms with Crippen LogP contribution in [0.4, 0.5) is 0 Å². The predicted octanol–water partition coefficient (Wildman–Crippen LogP) is 0.932. The Kier molecular flexibility index (Phi) is 3.50. The highest BCUT2D eigenvalue weighted by molar-refractivity contribution is 7.79. The number of piperidine rings is 1. The van der Waals surface area contributed by atoms with Crippen LogP contribution < -0.4 is 10.1 Å². The monoisotopic (exact) mass is 280 g/mol. The Morgan fingerprint density at radius 2 is 2.16 bits per heavy atom. The first kappa shape index (κ1) is 12.6. The average molecular weight is 280 g/mol. The minimum Gasteiger partial charge on any atom is -0.767 e. The van der Waals surface area contributed by atoms with Crippen LogP contribution in [0.15, 0.2) is 23.2 Å². The van der Waals surface area contributed by atoms with Crippen molar-refractivity contribution < 1.29 is 13.5 Å². The fraction of sp³-hybridized carbons (Fsp3) is 0.417. The van der Waals surface area contributed by atoms with E-state index in [1.54, 1.807) is 12.1 Å². The molecule has 3 rings (SSSR count). The quantitative estimate of drug-likeness (QED) is 0.816. The first-order valence-electron chi connectivity index (χ1n) is 6.19. The molecular formula is C12H14N3O3S-. The minimum atomic E-state index is -2.32. The zero-order chi connectivity index (χ0) is 13.2. The molecule has 0 spiro atoms. The van der Waals surface area contributed by atoms with E-state index in [4.69, 9.17) is 4.74 Å². The highest BCUT2D eigenvalue weighted by Gasteiger charge is 2.15. The topological polar surface area (TPSA) is 90.1 Å². The molecule has 1 aliphatic heterocycles. The zero-order valence-electron chi connectivity index (χ0n) is 10.2. The van der Waals surface area contributed by atoms with Gasteiger partial charge in [0.2, 0.25) is 0 Å². The maximum Gasteiger partial charge on any atom is 0.120 e. The lowest BCUT2D eigenvalue weighted by Gasteiger charge is -2.23. The Morgan fingerprint density at radius 3 is 2.89 bits per heavy atom. The van der Waals surface area contributed by atoms with Crippen LogP contribution in [0.1, 0.15) is 12.8 Å². The molecule has 0 radical (unpaired) electrons. The van der Waals surface area contributed by atoms with Crippen molar-refractivity contribution in [2.45, 2.75) is 24.0 Å². The average Bonchev–Trinajstić information content (AvgIpc) is 2.83. The van der Waals surface area contributed by atoms with Crippen molar-refractivity contribution in [3.63, 3.8) is 0 Å². The molecule has 6 nitrogen and oxygen atoms in total. The Balaban J connectivity index is 1.87. The van der Waals surface area contributed by atoms with Crippen molar-refractivity contribution >= 4 is 22.0 Å². The molecule has 0 amide bonds. The van der Waals surface area contributed by atoms with Crippen molar-refractivity contribution in [3.05, 3.63) is 18.2 Å². The molecule has 7 heteroatoms. The number of nitrogens with one attached hydrogen (secondary N) is 2. The number of ether oxygens (including phenoxy) is 1. The van der Waals surface area contributed by atoms with Crippen LogP contribution in [0.25, 0.3) is 10.9 Å². The first-order valence-corrected chi connectivity index (χ1v) is 7.26. The lowest BCUT2D eigenvalue weighted by atomic mass is 10.1. The molecule has 102 valence electrons. The van der Waals surface area contributed by atoms with Crippen LogP contribution in [0.5, 0.6) is 5.75 Å². The molecule has 2 heterocycles. The second-order valence-corrected chi connectivity index (χ2v) is 5.41. The molecule has 0 aliphatic carbocycles. The number of rotatable bonds is 3. The third kappa shape index (κ3) is 2.63. The fourth-order valence-corrected chi connectivity index (χ4v) is 2.74. The summed E-state index contributed by atoms with van der Waals surface area (Å²) in [6.07, 6.45) is 2.11. The van der Waals surface area contributed by atoms with Gasteiger partial charge in [0.15, 0.2) is 0 Å². The summed E-state index contributed by atoms with van der Waals surface area (Å²) in [5.41, 5.74) is 0.622. The van der Waals surface area contributed by atoms with E-state index >= 15 is 0 Å². The smallest absolute Gasteiger partial charge is 0.120 e. The number of hydrogen-bond donors (Lipinski definition) is 2. The van der Waals surface area contributed by atoms with Gasteiger partial charge in [-0.3, -0.25) is 9.31 Å². The van der Waals surface area contributed by atoms with E-state index in [-0.39, 0.29) is 11.1 Å². The van der Waals surface area contributed by atoms with Gasteiger partial charge < -0.3 is 14.6 Å². The van der Waals surface area contributed by atoms with Gasteiger partial charge in [-0.15, -0.1) is 0 Å². The van der Waals surface area contributed by atoms with E-state index < -0.39 is 11.1 Å². The van der Waals surface area contributed by atoms with Crippen molar-refractivity contribution in [2.24, 2.45) is 0 Å². The molecule has 19 heavy (non-hydrogen) atoms. The Bertz CT molecular complexity index is 607. The molecule has 1 saturated heterocycles. The standard InChI is InChI=1S/C12H15N3O3S/c16-19(17)12-10-7-9(1-2-11(10)14-15-12)18-8-3-5-13-6-4-8/h1-2,7-8,13H,3-6H2,(H,14,15)(H,16,17)/p-1. The molecule has 1 aromatic heterocycles. The normalized spacial score (nSPS) is 18.6. The fourth-order valence-electron chi connectivity index (χ4n) is 2.27. The summed E-state index contributed by atoms with van der Waals surface area (Å²) in [5, 5.41) is 10.4. The van der Waals surface area contributed by atoms with Gasteiger partial charge >= 0.3 is 0 Å². The number of H-pyrrole nitrogens is 1. The Labute approximate surface area is 112 Å². The van der Waals surface area contributed by atoms with Crippen molar-refractivity contribution in [2.75, 3.05) is 13.1 Å². The first-order chi connectivity index (χ1) is 9.24. The molecule has 1 aromatic carbocycles. The van der Waals surface area contributed by atoms with Gasteiger partial charge in [0.25, 0.3) is 0 Å². The lowest BCUT2D eigenvalue weighted by molar-refractivity contribution is 0.162. The number of hydrogen-bond acceptors (Lipinski definition) is 5. The van der Waals surface area contributed by atoms with E-state index in [1.165, 1.54) is 0 Å². The predicted molar refractivity (Wildman–Crippen MR) is 69.8 cm³/mol. The van der Waals surface area contributed by atoms with Crippen LogP contribution in [-0.2, 0) is 11.1 Å². The second kappa shape index (κ2) is 5.28. The number of aromatic nitrogens is 2. The minimum absolute atomic E-state index is 0.103. The van der Waals surface area contributed by atoms with E-state index in [0.29, 0.717) is 16.7 Å². The maximum atomic E-state index is 11.1. The molecule has 0 saturated carbocycles. The number of nitrogens with zero attached hydrogens (tertiary/aromatic N) is 1. The van der Waals surface area contributed by atoms with E-state index in [1.807, 2.05) is 6.07 Å². The lowest BCUT2D eigenvalue weighted by Crippen LogP contribution is -2.34. The molecule has 1 unspecified atom stereocenters. The van der Waals surface area contributed by atoms with Gasteiger partial charge in [0, 0.05) is 5.39 Å². The molecule has 0 bridgehead atoms. The van der Waals surface area contributed by atoms with Gasteiger partial charge in [-0.05, 0) is 55.2 Å². The summed E-state index contributed by atoms with van der Waals surface area (Å²) in [5.74, 6) is 0.688. The molecule has 2 N–H and O–H groups in total. The molecular weight excluding hydrogens is 266 g/mol. The summed E-state index contributed by atoms with van der Waals surface area (Å²) in [7, 11) is 0. The largest absolute Gasteiger partial charge is 0.767 e. The van der Waals surface area contributed by atoms with Crippen LogP contribution in [-0.4, -0.2) is 38.2 Å². The number of benzene rings is 1. The summed E-state index contributed by atoms with van der Waals surface area (Å²) in [4.78, 5) is 0. The molecule has 1 aliphatic rings. The molecule has 2 aromatic rings. The third-order valence-corrected chi connectivity index (χ3v) is 3.89. The summed E-state index contributed by atoms with van der Waals surface area (Å²) >= 11 is -2.32. The highest BCUT2D eigenvalue weighted by atomic mass is 32.2. The van der Waals surface area contributed by atoms with Gasteiger partial charge in [-0.1, -0.05) is 0 Å². The Morgan fingerprint density at radius 1 is 1.37 bits per heavy atom. The summed E-state index contributed by atoms with van der Waals surface area (Å²) < 4.78 is 28.0. The summed E-state index contributed by atoms with van der Waals surface area (Å²) in [6, 6.07) is 5.31. The van der Waals surface area contributed by atoms with E-state index in [9.17, 15) is 8.76 Å². The van der Waals surface area contributed by atoms with Gasteiger partial charge in [-0.25, -0.2) is 0 Å². The van der Waals surface area contributed by atoms with Crippen molar-refractivity contribution in [1.29, 1.82) is 0 Å². The summed E-state index contributed by atoms with van der Waals surface area (Å²) in [6.45, 7) is 1.91. The van der Waals surface area contributed by atoms with Crippen molar-refractivity contribution in [1.82, 2.24) is 15.5 Å². The SMILES string of the molecule is O=S([O-])c1[nH]nc2ccc(OC3CCNCC3)cc12. The third-order valence-electron chi connectivity index (χ3n) is 3.25. The molecule has 1 fully saturated rings. The van der Waals surface area contributed by atoms with Gasteiger partial charge in [0.1, 0.15) is 16.9 Å². The van der Waals surface area contributed by atoms with Gasteiger partial charge in [0.05, 0.1) is 5.52 Å². The van der Waals surface area contributed by atoms with E-state index in [2.05, 4.69) is 15.5 Å². The Hall–Kier alpha value is -1.44.